The largest absolute Gasteiger partial charge is 0.503 e. The van der Waals surface area contributed by atoms with E-state index in [1.807, 2.05) is 0 Å². The molecule has 0 radical (unpaired) electrons. The third kappa shape index (κ3) is 3.04. The van der Waals surface area contributed by atoms with Crippen LogP contribution in [0.5, 0.6) is 5.75 Å². The third-order valence-electron chi connectivity index (χ3n) is 2.08. The van der Waals surface area contributed by atoms with Gasteiger partial charge in [0.1, 0.15) is 6.10 Å². The van der Waals surface area contributed by atoms with Gasteiger partial charge in [-0.15, -0.1) is 0 Å². The van der Waals surface area contributed by atoms with E-state index in [-0.39, 0.29) is 5.56 Å². The monoisotopic (exact) mass is 245 g/mol. The summed E-state index contributed by atoms with van der Waals surface area (Å²) in [5.74, 6) is -3.67. The van der Waals surface area contributed by atoms with Gasteiger partial charge in [0, 0.05) is 4.91 Å². The van der Waals surface area contributed by atoms with Gasteiger partial charge in [0.05, 0.1) is 12.6 Å². The molecule has 17 heavy (non-hydrogen) atoms. The first-order chi connectivity index (χ1) is 7.97. The van der Waals surface area contributed by atoms with E-state index in [1.54, 1.807) is 0 Å². The number of benzene rings is 1. The van der Waals surface area contributed by atoms with Crippen LogP contribution in [0.25, 0.3) is 10.4 Å². The molecule has 0 heterocycles. The van der Waals surface area contributed by atoms with Crippen LogP contribution >= 0.6 is 0 Å². The third-order valence-corrected chi connectivity index (χ3v) is 2.08. The van der Waals surface area contributed by atoms with Crippen molar-refractivity contribution < 1.29 is 24.1 Å². The first kappa shape index (κ1) is 13.2. The normalized spacial score (nSPS) is 13.9. The average molecular weight is 245 g/mol. The van der Waals surface area contributed by atoms with Gasteiger partial charge in [-0.2, -0.15) is 0 Å². The van der Waals surface area contributed by atoms with E-state index in [0.717, 1.165) is 0 Å². The van der Waals surface area contributed by atoms with Crippen LogP contribution in [-0.2, 0) is 0 Å². The Bertz CT molecular complexity index is 440. The number of halogens is 2. The van der Waals surface area contributed by atoms with E-state index in [0.29, 0.717) is 12.1 Å². The number of phenolic OH excluding ortho intramolecular Hbond substituents is 1. The van der Waals surface area contributed by atoms with Gasteiger partial charge in [0.15, 0.2) is 17.4 Å². The predicted octanol–water partition coefficient (Wildman–Crippen LogP) is 1.37. The zero-order valence-electron chi connectivity index (χ0n) is 8.46. The second-order valence-electron chi connectivity index (χ2n) is 3.26. The van der Waals surface area contributed by atoms with Gasteiger partial charge in [-0.25, -0.2) is 8.78 Å². The van der Waals surface area contributed by atoms with Crippen molar-refractivity contribution in [1.82, 2.24) is 0 Å². The van der Waals surface area contributed by atoms with Gasteiger partial charge in [-0.3, -0.25) is 0 Å². The molecule has 92 valence electrons. The minimum atomic E-state index is -1.62. The molecule has 0 fully saturated rings. The van der Waals surface area contributed by atoms with Gasteiger partial charge >= 0.3 is 0 Å². The smallest absolute Gasteiger partial charge is 0.187 e. The molecule has 0 spiro atoms. The fourth-order valence-electron chi connectivity index (χ4n) is 1.20. The van der Waals surface area contributed by atoms with Gasteiger partial charge in [-0.1, -0.05) is 5.11 Å². The molecular weight excluding hydrogens is 236 g/mol. The second-order valence-corrected chi connectivity index (χ2v) is 3.26. The molecule has 3 N–H and O–H groups in total. The van der Waals surface area contributed by atoms with E-state index in [4.69, 9.17) is 10.6 Å². The van der Waals surface area contributed by atoms with Crippen molar-refractivity contribution in [3.8, 4) is 5.75 Å². The van der Waals surface area contributed by atoms with E-state index in [9.17, 15) is 19.0 Å². The van der Waals surface area contributed by atoms with Gasteiger partial charge in [0.25, 0.3) is 0 Å². The number of aliphatic hydroxyl groups is 2. The van der Waals surface area contributed by atoms with Gasteiger partial charge < -0.3 is 15.3 Å². The zero-order chi connectivity index (χ0) is 13.0. The number of aliphatic hydroxyl groups excluding tert-OH is 2. The van der Waals surface area contributed by atoms with Crippen LogP contribution in [0.15, 0.2) is 17.2 Å². The maximum Gasteiger partial charge on any atom is 0.187 e. The summed E-state index contributed by atoms with van der Waals surface area (Å²) in [7, 11) is 0. The molecule has 0 aliphatic rings. The van der Waals surface area contributed by atoms with Crippen LogP contribution in [-0.4, -0.2) is 28.0 Å². The highest BCUT2D eigenvalue weighted by atomic mass is 19.1. The van der Waals surface area contributed by atoms with Crippen molar-refractivity contribution in [1.29, 1.82) is 0 Å². The van der Waals surface area contributed by atoms with Crippen molar-refractivity contribution in [3.63, 3.8) is 0 Å². The van der Waals surface area contributed by atoms with Gasteiger partial charge in [0.2, 0.25) is 0 Å². The highest BCUT2D eigenvalue weighted by Crippen LogP contribution is 2.26. The number of hydrogen-bond acceptors (Lipinski definition) is 4. The molecule has 0 aromatic heterocycles. The van der Waals surface area contributed by atoms with Crippen LogP contribution in [0.1, 0.15) is 11.7 Å². The second kappa shape index (κ2) is 5.44. The van der Waals surface area contributed by atoms with Crippen LogP contribution in [0.2, 0.25) is 0 Å². The summed E-state index contributed by atoms with van der Waals surface area (Å²) in [4.78, 5) is 2.37. The zero-order valence-corrected chi connectivity index (χ0v) is 8.46. The first-order valence-electron chi connectivity index (χ1n) is 4.52. The Morgan fingerprint density at radius 3 is 2.29 bits per heavy atom. The highest BCUT2D eigenvalue weighted by molar-refractivity contribution is 5.31. The molecule has 1 aromatic rings. The van der Waals surface area contributed by atoms with Crippen molar-refractivity contribution in [2.45, 2.75) is 12.2 Å². The fourth-order valence-corrected chi connectivity index (χ4v) is 1.20. The Kier molecular flexibility index (Phi) is 4.22. The quantitative estimate of drug-likeness (QED) is 0.423. The number of hydrogen-bond donors (Lipinski definition) is 3. The van der Waals surface area contributed by atoms with Crippen LogP contribution in [0.4, 0.5) is 8.78 Å². The Balaban J connectivity index is 2.96. The van der Waals surface area contributed by atoms with Crippen molar-refractivity contribution in [2.75, 3.05) is 6.54 Å². The molecule has 0 saturated heterocycles. The molecule has 0 saturated carbocycles. The molecule has 6 nitrogen and oxygen atoms in total. The van der Waals surface area contributed by atoms with Crippen molar-refractivity contribution in [2.24, 2.45) is 5.11 Å². The lowest BCUT2D eigenvalue weighted by Crippen LogP contribution is -2.21. The maximum absolute atomic E-state index is 13.0. The molecule has 0 bridgehead atoms. The average Bonchev–Trinajstić information content (AvgIpc) is 2.31. The minimum Gasteiger partial charge on any atom is -0.503 e. The molecule has 0 amide bonds. The number of nitrogens with zero attached hydrogens (tertiary/aromatic N) is 3. The lowest BCUT2D eigenvalue weighted by molar-refractivity contribution is 0.0240. The number of phenols is 1. The van der Waals surface area contributed by atoms with Crippen LogP contribution in [0, 0.1) is 11.6 Å². The summed E-state index contributed by atoms with van der Waals surface area (Å²) in [5.41, 5.74) is 7.74. The number of aromatic hydroxyl groups is 1. The van der Waals surface area contributed by atoms with Crippen molar-refractivity contribution in [3.05, 3.63) is 39.8 Å². The Morgan fingerprint density at radius 1 is 1.29 bits per heavy atom. The molecule has 1 rings (SSSR count). The summed E-state index contributed by atoms with van der Waals surface area (Å²) < 4.78 is 25.9. The summed E-state index contributed by atoms with van der Waals surface area (Å²) in [6, 6.07) is 1.37. The van der Waals surface area contributed by atoms with E-state index in [1.165, 1.54) is 0 Å². The molecule has 2 atom stereocenters. The summed E-state index contributed by atoms with van der Waals surface area (Å²) in [6.07, 6.45) is -3.11. The van der Waals surface area contributed by atoms with E-state index in [2.05, 4.69) is 10.0 Å². The first-order valence-corrected chi connectivity index (χ1v) is 4.52. The molecular formula is C9H9F2N3O3. The Hall–Kier alpha value is -1.89. The molecule has 2 unspecified atom stereocenters. The lowest BCUT2D eigenvalue weighted by atomic mass is 10.0. The van der Waals surface area contributed by atoms with E-state index < -0.39 is 36.1 Å². The predicted molar refractivity (Wildman–Crippen MR) is 53.0 cm³/mol. The fraction of sp³-hybridized carbons (Fsp3) is 0.333. The lowest BCUT2D eigenvalue weighted by Gasteiger charge is -2.16. The topological polar surface area (TPSA) is 109 Å². The van der Waals surface area contributed by atoms with Crippen LogP contribution < -0.4 is 0 Å². The Labute approximate surface area is 94.4 Å². The van der Waals surface area contributed by atoms with Crippen molar-refractivity contribution >= 4 is 0 Å². The number of azide groups is 1. The summed E-state index contributed by atoms with van der Waals surface area (Å²) >= 11 is 0. The standard InChI is InChI=1S/C9H9F2N3O3/c10-5-1-4(2-6(11)9(5)17)8(16)7(15)3-13-14-12/h1-2,7-8,15-17H,3H2. The number of rotatable bonds is 4. The summed E-state index contributed by atoms with van der Waals surface area (Å²) in [5, 5.41) is 30.7. The van der Waals surface area contributed by atoms with Gasteiger partial charge in [-0.05, 0) is 23.2 Å². The molecule has 8 heteroatoms. The SMILES string of the molecule is [N-]=[N+]=NCC(O)C(O)c1cc(F)c(O)c(F)c1. The molecule has 0 aliphatic heterocycles. The summed E-state index contributed by atoms with van der Waals surface area (Å²) in [6.45, 7) is -0.443. The van der Waals surface area contributed by atoms with E-state index >= 15 is 0 Å². The molecule has 0 aliphatic carbocycles. The maximum atomic E-state index is 13.0. The minimum absolute atomic E-state index is 0.265. The Morgan fingerprint density at radius 2 is 1.82 bits per heavy atom. The highest BCUT2D eigenvalue weighted by Gasteiger charge is 2.21. The van der Waals surface area contributed by atoms with Crippen LogP contribution in [0.3, 0.4) is 0 Å². The molecule has 1 aromatic carbocycles.